The molecular formula is C6H23B3O15. The van der Waals surface area contributed by atoms with E-state index in [2.05, 4.69) is 0 Å². The predicted octanol–water partition coefficient (Wildman–Crippen LogP) is -9.74. The Morgan fingerprint density at radius 3 is 0.667 bits per heavy atom. The first kappa shape index (κ1) is 31.4. The van der Waals surface area contributed by atoms with Crippen molar-refractivity contribution >= 4 is 22.0 Å². The number of hydrogen-bond donors (Lipinski definition) is 15. The summed E-state index contributed by atoms with van der Waals surface area (Å²) in [4.78, 5) is 0. The fraction of sp³-hybridized carbons (Fsp3) is 1.00. The molecule has 0 unspecified atom stereocenters. The van der Waals surface area contributed by atoms with Crippen molar-refractivity contribution in [1.82, 2.24) is 0 Å². The highest BCUT2D eigenvalue weighted by atomic mass is 16.5. The third-order valence-electron chi connectivity index (χ3n) is 1.51. The van der Waals surface area contributed by atoms with E-state index in [-0.39, 0.29) is 0 Å². The Bertz CT molecular complexity index is 197. The molecule has 0 saturated heterocycles. The minimum absolute atomic E-state index is 0.726. The van der Waals surface area contributed by atoms with Crippen molar-refractivity contribution in [2.45, 2.75) is 24.4 Å². The van der Waals surface area contributed by atoms with Crippen molar-refractivity contribution in [3.05, 3.63) is 0 Å². The summed E-state index contributed by atoms with van der Waals surface area (Å²) < 4.78 is 0. The van der Waals surface area contributed by atoms with Crippen LogP contribution in [0.4, 0.5) is 0 Å². The first-order valence-corrected chi connectivity index (χ1v) is 5.81. The van der Waals surface area contributed by atoms with E-state index in [0.29, 0.717) is 0 Å². The van der Waals surface area contributed by atoms with Crippen molar-refractivity contribution in [1.29, 1.82) is 0 Å². The zero-order chi connectivity index (χ0) is 20.5. The average Bonchev–Trinajstić information content (AvgIpc) is 2.42. The van der Waals surface area contributed by atoms with Crippen LogP contribution in [0.15, 0.2) is 0 Å². The minimum Gasteiger partial charge on any atom is -0.402 e. The van der Waals surface area contributed by atoms with Crippen LogP contribution in [0.25, 0.3) is 0 Å². The zero-order valence-corrected chi connectivity index (χ0v) is 12.2. The van der Waals surface area contributed by atoms with Crippen LogP contribution >= 0.6 is 0 Å². The summed E-state index contributed by atoms with van der Waals surface area (Å²) >= 11 is 0. The zero-order valence-electron chi connectivity index (χ0n) is 12.2. The smallest absolute Gasteiger partial charge is 0.402 e. The fourth-order valence-corrected chi connectivity index (χ4v) is 0.671. The summed E-state index contributed by atoms with van der Waals surface area (Å²) in [5, 5.41) is 117. The van der Waals surface area contributed by atoms with Gasteiger partial charge in [-0.3, -0.25) is 0 Å². The van der Waals surface area contributed by atoms with E-state index in [4.69, 9.17) is 75.9 Å². The molecule has 15 N–H and O–H groups in total. The molecule has 4 atom stereocenters. The van der Waals surface area contributed by atoms with Gasteiger partial charge in [0.25, 0.3) is 0 Å². The van der Waals surface area contributed by atoms with Gasteiger partial charge in [0.1, 0.15) is 24.4 Å². The van der Waals surface area contributed by atoms with E-state index in [9.17, 15) is 0 Å². The van der Waals surface area contributed by atoms with Crippen LogP contribution in [0.3, 0.4) is 0 Å². The number of aliphatic hydroxyl groups is 6. The monoisotopic (exact) mass is 368 g/mol. The molecule has 0 saturated carbocycles. The Balaban J connectivity index is -0.000000137. The van der Waals surface area contributed by atoms with Gasteiger partial charge in [-0.2, -0.15) is 0 Å². The van der Waals surface area contributed by atoms with Crippen LogP contribution in [-0.4, -0.2) is 135 Å². The van der Waals surface area contributed by atoms with Gasteiger partial charge in [-0.1, -0.05) is 0 Å². The van der Waals surface area contributed by atoms with Crippen molar-refractivity contribution in [2.24, 2.45) is 0 Å². The maximum Gasteiger partial charge on any atom is 0.631 e. The Kier molecular flexibility index (Phi) is 27.0. The Labute approximate surface area is 136 Å². The van der Waals surface area contributed by atoms with Crippen molar-refractivity contribution in [3.63, 3.8) is 0 Å². The van der Waals surface area contributed by atoms with Crippen LogP contribution in [0.2, 0.25) is 0 Å². The van der Waals surface area contributed by atoms with Gasteiger partial charge in [-0.05, 0) is 0 Å². The van der Waals surface area contributed by atoms with Gasteiger partial charge < -0.3 is 75.9 Å². The molecule has 0 aromatic heterocycles. The third-order valence-corrected chi connectivity index (χ3v) is 1.51. The van der Waals surface area contributed by atoms with Crippen molar-refractivity contribution in [2.75, 3.05) is 13.2 Å². The second-order valence-corrected chi connectivity index (χ2v) is 3.52. The lowest BCUT2D eigenvalue weighted by Crippen LogP contribution is -2.46. The lowest BCUT2D eigenvalue weighted by molar-refractivity contribution is -0.123. The standard InChI is InChI=1S/C6H14O6.3BH3O3/c7-1-3(9)5(11)6(12)4(10)2-8;3*2-1(3)4/h3-12H,1-2H2;3*2-4H/t3-,4+,5-,6-;;;/m1.../s1. The van der Waals surface area contributed by atoms with Gasteiger partial charge in [0.05, 0.1) is 13.2 Å². The van der Waals surface area contributed by atoms with Crippen LogP contribution in [-0.2, 0) is 0 Å². The molecule has 0 bridgehead atoms. The molecule has 0 aromatic rings. The maximum absolute atomic E-state index is 8.96. The molecule has 0 spiro atoms. The van der Waals surface area contributed by atoms with E-state index >= 15 is 0 Å². The second kappa shape index (κ2) is 20.6. The van der Waals surface area contributed by atoms with E-state index in [0.717, 1.165) is 0 Å². The van der Waals surface area contributed by atoms with Crippen molar-refractivity contribution < 1.29 is 75.9 Å². The van der Waals surface area contributed by atoms with Crippen LogP contribution < -0.4 is 0 Å². The molecular weight excluding hydrogens is 344 g/mol. The number of hydrogen-bond acceptors (Lipinski definition) is 15. The van der Waals surface area contributed by atoms with Gasteiger partial charge in [0.2, 0.25) is 0 Å². The molecule has 0 aliphatic carbocycles. The molecule has 24 heavy (non-hydrogen) atoms. The minimum atomic E-state index is -2.17. The largest absolute Gasteiger partial charge is 0.631 e. The second-order valence-electron chi connectivity index (χ2n) is 3.52. The number of rotatable bonds is 5. The van der Waals surface area contributed by atoms with Gasteiger partial charge in [-0.25, -0.2) is 0 Å². The molecule has 0 fully saturated rings. The Morgan fingerprint density at radius 1 is 0.458 bits per heavy atom. The maximum atomic E-state index is 8.96. The van der Waals surface area contributed by atoms with Gasteiger partial charge in [-0.15, -0.1) is 0 Å². The SMILES string of the molecule is OB(O)O.OB(O)O.OB(O)O.OC[C@@H](O)[C@@H](O)[C@H](O)[C@@H](O)CO. The third kappa shape index (κ3) is 37.7. The Morgan fingerprint density at radius 2 is 0.583 bits per heavy atom. The van der Waals surface area contributed by atoms with Crippen molar-refractivity contribution in [3.8, 4) is 0 Å². The molecule has 0 aliphatic rings. The van der Waals surface area contributed by atoms with E-state index < -0.39 is 59.6 Å². The molecule has 0 radical (unpaired) electrons. The molecule has 15 nitrogen and oxygen atoms in total. The molecule has 0 rings (SSSR count). The summed E-state index contributed by atoms with van der Waals surface area (Å²) in [5.74, 6) is 0. The predicted molar refractivity (Wildman–Crippen MR) is 75.4 cm³/mol. The average molecular weight is 368 g/mol. The molecule has 0 aromatic carbocycles. The lowest BCUT2D eigenvalue weighted by atomic mass is 10.0. The van der Waals surface area contributed by atoms with Gasteiger partial charge >= 0.3 is 22.0 Å². The topological polar surface area (TPSA) is 303 Å². The van der Waals surface area contributed by atoms with Crippen LogP contribution in [0.5, 0.6) is 0 Å². The summed E-state index contributed by atoms with van der Waals surface area (Å²) in [6.07, 6.45) is -6.39. The Hall–Kier alpha value is -0.405. The lowest BCUT2D eigenvalue weighted by Gasteiger charge is -2.24. The summed E-state index contributed by atoms with van der Waals surface area (Å²) in [6.45, 7) is -1.45. The highest BCUT2D eigenvalue weighted by Gasteiger charge is 2.29. The summed E-state index contributed by atoms with van der Waals surface area (Å²) in [5.41, 5.74) is 0. The molecule has 0 aliphatic heterocycles. The van der Waals surface area contributed by atoms with Gasteiger partial charge in [0.15, 0.2) is 0 Å². The summed E-state index contributed by atoms with van der Waals surface area (Å²) in [6, 6.07) is 0. The highest BCUT2D eigenvalue weighted by Crippen LogP contribution is 2.03. The van der Waals surface area contributed by atoms with E-state index in [1.54, 1.807) is 0 Å². The molecule has 18 heteroatoms. The molecule has 0 heterocycles. The first-order chi connectivity index (χ1) is 10.7. The quantitative estimate of drug-likeness (QED) is 0.200. The normalized spacial score (nSPS) is 14.1. The first-order valence-electron chi connectivity index (χ1n) is 5.81. The molecule has 146 valence electrons. The fourth-order valence-electron chi connectivity index (χ4n) is 0.671. The van der Waals surface area contributed by atoms with Gasteiger partial charge in [0, 0.05) is 0 Å². The molecule has 0 amide bonds. The number of aliphatic hydroxyl groups excluding tert-OH is 6. The van der Waals surface area contributed by atoms with E-state index in [1.165, 1.54) is 0 Å². The highest BCUT2D eigenvalue weighted by molar-refractivity contribution is 6.31. The van der Waals surface area contributed by atoms with Crippen LogP contribution in [0, 0.1) is 0 Å². The summed E-state index contributed by atoms with van der Waals surface area (Å²) in [7, 11) is -6.50. The van der Waals surface area contributed by atoms with E-state index in [1.807, 2.05) is 0 Å². The van der Waals surface area contributed by atoms with Crippen LogP contribution in [0.1, 0.15) is 0 Å².